The van der Waals surface area contributed by atoms with E-state index < -0.39 is 11.1 Å². The predicted octanol–water partition coefficient (Wildman–Crippen LogP) is 0.156. The van der Waals surface area contributed by atoms with Gasteiger partial charge in [0.05, 0.1) is 13.2 Å². The number of hydrogen-bond acceptors (Lipinski definition) is 5. The van der Waals surface area contributed by atoms with Crippen molar-refractivity contribution in [2.75, 3.05) is 31.2 Å². The van der Waals surface area contributed by atoms with E-state index in [2.05, 4.69) is 9.88 Å². The molecule has 0 spiro atoms. The van der Waals surface area contributed by atoms with Crippen molar-refractivity contribution in [2.45, 2.75) is 4.90 Å². The molecule has 0 bridgehead atoms. The molecule has 1 aliphatic heterocycles. The zero-order chi connectivity index (χ0) is 10.7. The quantitative estimate of drug-likeness (QED) is 0.673. The Kier molecular flexibility index (Phi) is 3.30. The highest BCUT2D eigenvalue weighted by Crippen LogP contribution is 2.13. The van der Waals surface area contributed by atoms with Crippen molar-refractivity contribution in [1.29, 1.82) is 0 Å². The molecule has 0 N–H and O–H groups in total. The zero-order valence-corrected chi connectivity index (χ0v) is 8.90. The molecule has 1 atom stereocenters. The van der Waals surface area contributed by atoms with Crippen LogP contribution in [0.1, 0.15) is 0 Å². The van der Waals surface area contributed by atoms with Crippen molar-refractivity contribution in [2.24, 2.45) is 0 Å². The first-order valence-electron chi connectivity index (χ1n) is 4.65. The van der Waals surface area contributed by atoms with Gasteiger partial charge in [-0.15, -0.1) is 0 Å². The van der Waals surface area contributed by atoms with Gasteiger partial charge in [0.15, 0.2) is 0 Å². The molecule has 0 aromatic carbocycles. The molecule has 5 nitrogen and oxygen atoms in total. The minimum Gasteiger partial charge on any atom is -0.768 e. The van der Waals surface area contributed by atoms with Crippen LogP contribution in [0.2, 0.25) is 0 Å². The second-order valence-corrected chi connectivity index (χ2v) is 4.13. The summed E-state index contributed by atoms with van der Waals surface area (Å²) in [6.45, 7) is 2.98. The Balaban J connectivity index is 2.11. The molecule has 1 aromatic heterocycles. The zero-order valence-electron chi connectivity index (χ0n) is 8.09. The van der Waals surface area contributed by atoms with Crippen molar-refractivity contribution in [3.63, 3.8) is 0 Å². The van der Waals surface area contributed by atoms with Gasteiger partial charge < -0.3 is 14.2 Å². The molecular formula is C9H11N2O3S-. The van der Waals surface area contributed by atoms with Crippen LogP contribution in [-0.2, 0) is 15.8 Å². The van der Waals surface area contributed by atoms with Gasteiger partial charge in [0.1, 0.15) is 5.82 Å². The minimum atomic E-state index is -2.20. The molecule has 1 aliphatic rings. The Hall–Kier alpha value is -0.980. The number of morpholine rings is 1. The predicted molar refractivity (Wildman–Crippen MR) is 54.5 cm³/mol. The highest BCUT2D eigenvalue weighted by molar-refractivity contribution is 7.79. The molecule has 0 amide bonds. The van der Waals surface area contributed by atoms with Crippen molar-refractivity contribution in [1.82, 2.24) is 4.98 Å². The van der Waals surface area contributed by atoms with Gasteiger partial charge in [-0.1, -0.05) is 0 Å². The minimum absolute atomic E-state index is 0.215. The maximum Gasteiger partial charge on any atom is 0.128 e. The lowest BCUT2D eigenvalue weighted by molar-refractivity contribution is 0.122. The van der Waals surface area contributed by atoms with Gasteiger partial charge in [-0.3, -0.25) is 4.21 Å². The van der Waals surface area contributed by atoms with E-state index in [1.54, 1.807) is 12.1 Å². The first-order valence-corrected chi connectivity index (χ1v) is 5.73. The van der Waals surface area contributed by atoms with Gasteiger partial charge in [0.25, 0.3) is 0 Å². The Labute approximate surface area is 90.4 Å². The fourth-order valence-corrected chi connectivity index (χ4v) is 1.77. The van der Waals surface area contributed by atoms with Crippen LogP contribution in [0.4, 0.5) is 5.82 Å². The number of pyridine rings is 1. The van der Waals surface area contributed by atoms with Crippen molar-refractivity contribution < 1.29 is 13.5 Å². The normalized spacial score (nSPS) is 18.9. The molecule has 1 aromatic rings. The van der Waals surface area contributed by atoms with E-state index in [0.29, 0.717) is 13.2 Å². The molecule has 1 unspecified atom stereocenters. The monoisotopic (exact) mass is 227 g/mol. The first kappa shape index (κ1) is 10.5. The molecule has 1 fully saturated rings. The Morgan fingerprint density at radius 1 is 1.40 bits per heavy atom. The van der Waals surface area contributed by atoms with E-state index in [1.807, 2.05) is 0 Å². The molecule has 2 rings (SSSR count). The Morgan fingerprint density at radius 3 is 2.67 bits per heavy atom. The van der Waals surface area contributed by atoms with Crippen molar-refractivity contribution in [3.8, 4) is 0 Å². The van der Waals surface area contributed by atoms with Crippen LogP contribution >= 0.6 is 0 Å². The third-order valence-corrected chi connectivity index (χ3v) is 2.87. The average Bonchev–Trinajstić information content (AvgIpc) is 2.30. The lowest BCUT2D eigenvalue weighted by atomic mass is 10.4. The van der Waals surface area contributed by atoms with E-state index in [4.69, 9.17) is 4.74 Å². The summed E-state index contributed by atoms with van der Waals surface area (Å²) in [7, 11) is 0. The van der Waals surface area contributed by atoms with Gasteiger partial charge in [-0.2, -0.15) is 0 Å². The third kappa shape index (κ3) is 2.53. The molecule has 15 heavy (non-hydrogen) atoms. The van der Waals surface area contributed by atoms with E-state index in [1.165, 1.54) is 6.20 Å². The van der Waals surface area contributed by atoms with E-state index in [9.17, 15) is 8.76 Å². The van der Waals surface area contributed by atoms with Crippen LogP contribution < -0.4 is 4.90 Å². The van der Waals surface area contributed by atoms with Gasteiger partial charge in [0, 0.05) is 24.2 Å². The first-order chi connectivity index (χ1) is 7.27. The lowest BCUT2D eigenvalue weighted by Gasteiger charge is -2.27. The summed E-state index contributed by atoms with van der Waals surface area (Å²) in [5, 5.41) is 0. The Bertz CT molecular complexity index is 349. The molecule has 0 saturated carbocycles. The van der Waals surface area contributed by atoms with Crippen LogP contribution in [-0.4, -0.2) is 40.0 Å². The number of ether oxygens (including phenoxy) is 1. The van der Waals surface area contributed by atoms with Crippen LogP contribution in [0, 0.1) is 0 Å². The summed E-state index contributed by atoms with van der Waals surface area (Å²) >= 11 is -2.20. The van der Waals surface area contributed by atoms with Gasteiger partial charge in [-0.25, -0.2) is 4.98 Å². The highest BCUT2D eigenvalue weighted by atomic mass is 32.2. The third-order valence-electron chi connectivity index (χ3n) is 2.25. The van der Waals surface area contributed by atoms with E-state index in [-0.39, 0.29) is 4.90 Å². The summed E-state index contributed by atoms with van der Waals surface area (Å²) in [6.07, 6.45) is 1.37. The molecule has 6 heteroatoms. The van der Waals surface area contributed by atoms with Crippen molar-refractivity contribution >= 4 is 16.9 Å². The van der Waals surface area contributed by atoms with Gasteiger partial charge >= 0.3 is 0 Å². The number of nitrogens with zero attached hydrogens (tertiary/aromatic N) is 2. The summed E-state index contributed by atoms with van der Waals surface area (Å²) in [4.78, 5) is 6.39. The Morgan fingerprint density at radius 2 is 2.13 bits per heavy atom. The number of rotatable bonds is 2. The smallest absolute Gasteiger partial charge is 0.128 e. The van der Waals surface area contributed by atoms with Crippen molar-refractivity contribution in [3.05, 3.63) is 18.3 Å². The SMILES string of the molecule is O=S([O-])c1ccc(N2CCOCC2)nc1. The molecule has 0 aliphatic carbocycles. The van der Waals surface area contributed by atoms with Crippen LogP contribution in [0.25, 0.3) is 0 Å². The summed E-state index contributed by atoms with van der Waals surface area (Å²) in [5.41, 5.74) is 0. The molecule has 2 heterocycles. The number of hydrogen-bond donors (Lipinski definition) is 0. The topological polar surface area (TPSA) is 65.5 Å². The maximum atomic E-state index is 10.6. The van der Waals surface area contributed by atoms with Crippen LogP contribution in [0.3, 0.4) is 0 Å². The second-order valence-electron chi connectivity index (χ2n) is 3.19. The highest BCUT2D eigenvalue weighted by Gasteiger charge is 2.11. The molecular weight excluding hydrogens is 216 g/mol. The summed E-state index contributed by atoms with van der Waals surface area (Å²) < 4.78 is 26.4. The number of anilines is 1. The maximum absolute atomic E-state index is 10.6. The summed E-state index contributed by atoms with van der Waals surface area (Å²) in [5.74, 6) is 0.799. The average molecular weight is 227 g/mol. The molecule has 82 valence electrons. The fraction of sp³-hybridized carbons (Fsp3) is 0.444. The van der Waals surface area contributed by atoms with Crippen LogP contribution in [0.5, 0.6) is 0 Å². The fourth-order valence-electron chi connectivity index (χ4n) is 1.45. The number of aromatic nitrogens is 1. The lowest BCUT2D eigenvalue weighted by Crippen LogP contribution is -2.36. The van der Waals surface area contributed by atoms with Crippen LogP contribution in [0.15, 0.2) is 23.2 Å². The molecule has 0 radical (unpaired) electrons. The van der Waals surface area contributed by atoms with E-state index >= 15 is 0 Å². The standard InChI is InChI=1S/C9H12N2O3S/c12-15(13)8-1-2-9(10-7-8)11-3-5-14-6-4-11/h1-2,7H,3-6H2,(H,12,13)/p-1. The second kappa shape index (κ2) is 4.69. The molecule has 1 saturated heterocycles. The van der Waals surface area contributed by atoms with Gasteiger partial charge in [-0.05, 0) is 23.2 Å². The van der Waals surface area contributed by atoms with Gasteiger partial charge in [0.2, 0.25) is 0 Å². The largest absolute Gasteiger partial charge is 0.768 e. The summed E-state index contributed by atoms with van der Waals surface area (Å²) in [6, 6.07) is 3.28. The van der Waals surface area contributed by atoms with E-state index in [0.717, 1.165) is 18.9 Å².